The van der Waals surface area contributed by atoms with Gasteiger partial charge in [-0.2, -0.15) is 0 Å². The van der Waals surface area contributed by atoms with Crippen molar-refractivity contribution in [1.29, 1.82) is 0 Å². The molecule has 0 radical (unpaired) electrons. The number of nitrogens with zero attached hydrogens (tertiary/aromatic N) is 1. The third kappa shape index (κ3) is 3.48. The van der Waals surface area contributed by atoms with E-state index in [0.717, 1.165) is 37.9 Å². The van der Waals surface area contributed by atoms with Crippen LogP contribution in [-0.2, 0) is 22.0 Å². The van der Waals surface area contributed by atoms with Crippen LogP contribution in [0.2, 0.25) is 0 Å². The molecule has 4 rings (SSSR count). The highest BCUT2D eigenvalue weighted by Crippen LogP contribution is 2.65. The van der Waals surface area contributed by atoms with Crippen LogP contribution in [0.4, 0.5) is 10.1 Å². The van der Waals surface area contributed by atoms with E-state index in [-0.39, 0.29) is 5.41 Å². The Bertz CT molecular complexity index is 934. The first-order chi connectivity index (χ1) is 12.8. The Morgan fingerprint density at radius 2 is 1.81 bits per heavy atom. The lowest BCUT2D eigenvalue weighted by Gasteiger charge is -2.27. The Morgan fingerprint density at radius 3 is 2.41 bits per heavy atom. The molecule has 6 heteroatoms. The van der Waals surface area contributed by atoms with Crippen molar-refractivity contribution < 1.29 is 12.8 Å². The van der Waals surface area contributed by atoms with E-state index < -0.39 is 15.8 Å². The van der Waals surface area contributed by atoms with E-state index in [0.29, 0.717) is 17.5 Å². The summed E-state index contributed by atoms with van der Waals surface area (Å²) in [6.45, 7) is 5.09. The number of hydrogen-bond donors (Lipinski definition) is 1. The normalized spacial score (nSPS) is 27.4. The molecule has 1 N–H and O–H groups in total. The van der Waals surface area contributed by atoms with Gasteiger partial charge < -0.3 is 0 Å². The van der Waals surface area contributed by atoms with Crippen molar-refractivity contribution in [2.24, 2.45) is 11.8 Å². The SMILES string of the molecule is CCC1(c2cc(F)cc(NS(C)(=O)=O)c2)C2CN(Cc3ccccc3)CC21. The molecule has 144 valence electrons. The number of benzene rings is 2. The lowest BCUT2D eigenvalue weighted by Crippen LogP contribution is -2.30. The second-order valence-electron chi connectivity index (χ2n) is 7.89. The van der Waals surface area contributed by atoms with Crippen molar-refractivity contribution in [3.8, 4) is 0 Å². The molecule has 2 aliphatic rings. The van der Waals surface area contributed by atoms with Gasteiger partial charge in [-0.1, -0.05) is 37.3 Å². The fraction of sp³-hybridized carbons (Fsp3) is 0.429. The number of nitrogens with one attached hydrogen (secondary N) is 1. The Labute approximate surface area is 160 Å². The Morgan fingerprint density at radius 1 is 1.15 bits per heavy atom. The summed E-state index contributed by atoms with van der Waals surface area (Å²) < 4.78 is 39.7. The molecule has 2 aromatic carbocycles. The predicted molar refractivity (Wildman–Crippen MR) is 106 cm³/mol. The number of sulfonamides is 1. The molecule has 0 spiro atoms. The zero-order valence-corrected chi connectivity index (χ0v) is 16.5. The van der Waals surface area contributed by atoms with Gasteiger partial charge in [-0.3, -0.25) is 9.62 Å². The molecule has 1 aliphatic heterocycles. The lowest BCUT2D eigenvalue weighted by molar-refractivity contribution is 0.262. The number of halogens is 1. The molecule has 0 amide bonds. The van der Waals surface area contributed by atoms with E-state index in [1.165, 1.54) is 11.6 Å². The highest BCUT2D eigenvalue weighted by atomic mass is 32.2. The van der Waals surface area contributed by atoms with Crippen molar-refractivity contribution in [1.82, 2.24) is 4.90 Å². The topological polar surface area (TPSA) is 49.4 Å². The van der Waals surface area contributed by atoms with Gasteiger partial charge in [0, 0.05) is 25.0 Å². The molecule has 4 nitrogen and oxygen atoms in total. The molecule has 0 bridgehead atoms. The summed E-state index contributed by atoms with van der Waals surface area (Å²) >= 11 is 0. The van der Waals surface area contributed by atoms with Gasteiger partial charge in [0.05, 0.1) is 11.9 Å². The maximum atomic E-state index is 14.2. The van der Waals surface area contributed by atoms with Gasteiger partial charge in [-0.05, 0) is 47.6 Å². The highest BCUT2D eigenvalue weighted by molar-refractivity contribution is 7.92. The summed E-state index contributed by atoms with van der Waals surface area (Å²) in [5.74, 6) is 0.607. The van der Waals surface area contributed by atoms with E-state index in [2.05, 4.69) is 40.8 Å². The van der Waals surface area contributed by atoms with Gasteiger partial charge in [0.2, 0.25) is 10.0 Å². The van der Waals surface area contributed by atoms with Crippen molar-refractivity contribution in [2.75, 3.05) is 24.1 Å². The van der Waals surface area contributed by atoms with Gasteiger partial charge in [0.1, 0.15) is 5.82 Å². The maximum Gasteiger partial charge on any atom is 0.229 e. The van der Waals surface area contributed by atoms with Crippen LogP contribution in [0.3, 0.4) is 0 Å². The molecular weight excluding hydrogens is 363 g/mol. The highest BCUT2D eigenvalue weighted by Gasteiger charge is 2.67. The van der Waals surface area contributed by atoms with Gasteiger partial charge in [0.15, 0.2) is 0 Å². The summed E-state index contributed by atoms with van der Waals surface area (Å²) in [6.07, 6.45) is 2.02. The average Bonchev–Trinajstić information content (AvgIpc) is 2.97. The summed E-state index contributed by atoms with van der Waals surface area (Å²) in [4.78, 5) is 2.47. The zero-order chi connectivity index (χ0) is 19.2. The first-order valence-corrected chi connectivity index (χ1v) is 11.3. The molecule has 2 atom stereocenters. The van der Waals surface area contributed by atoms with Gasteiger partial charge in [-0.15, -0.1) is 0 Å². The predicted octanol–water partition coefficient (Wildman–Crippen LogP) is 3.61. The average molecular weight is 389 g/mol. The third-order valence-electron chi connectivity index (χ3n) is 6.18. The number of piperidine rings is 1. The molecule has 1 heterocycles. The van der Waals surface area contributed by atoms with Gasteiger partial charge in [0.25, 0.3) is 0 Å². The minimum atomic E-state index is -3.43. The standard InChI is InChI=1S/C21H25FN2O2S/c1-3-21(16-9-17(22)11-18(10-16)23-27(2,25)26)19-13-24(14-20(19)21)12-15-7-5-4-6-8-15/h4-11,19-20,23H,3,12-14H2,1-2H3. The van der Waals surface area contributed by atoms with Crippen LogP contribution in [-0.4, -0.2) is 32.7 Å². The van der Waals surface area contributed by atoms with Gasteiger partial charge in [-0.25, -0.2) is 12.8 Å². The molecule has 2 unspecified atom stereocenters. The van der Waals surface area contributed by atoms with E-state index in [4.69, 9.17) is 0 Å². The summed E-state index contributed by atoms with van der Waals surface area (Å²) in [5, 5.41) is 0. The van der Waals surface area contributed by atoms with Crippen molar-refractivity contribution in [2.45, 2.75) is 25.3 Å². The summed E-state index contributed by atoms with van der Waals surface area (Å²) in [7, 11) is -3.43. The van der Waals surface area contributed by atoms with Crippen LogP contribution in [0.15, 0.2) is 48.5 Å². The quantitative estimate of drug-likeness (QED) is 0.823. The molecule has 27 heavy (non-hydrogen) atoms. The third-order valence-corrected chi connectivity index (χ3v) is 6.79. The van der Waals surface area contributed by atoms with E-state index in [9.17, 15) is 12.8 Å². The molecule has 2 fully saturated rings. The zero-order valence-electron chi connectivity index (χ0n) is 15.7. The van der Waals surface area contributed by atoms with Crippen LogP contribution in [0.25, 0.3) is 0 Å². The van der Waals surface area contributed by atoms with Crippen LogP contribution < -0.4 is 4.72 Å². The van der Waals surface area contributed by atoms with E-state index in [1.807, 2.05) is 12.1 Å². The number of fused-ring (bicyclic) bond motifs is 1. The minimum absolute atomic E-state index is 0.0385. The Kier molecular flexibility index (Phi) is 4.51. The molecule has 2 aromatic rings. The number of likely N-dealkylation sites (tertiary alicyclic amines) is 1. The Hall–Kier alpha value is -1.92. The van der Waals surface area contributed by atoms with Crippen LogP contribution in [0.1, 0.15) is 24.5 Å². The van der Waals surface area contributed by atoms with Gasteiger partial charge >= 0.3 is 0 Å². The molecule has 1 saturated heterocycles. The number of anilines is 1. The summed E-state index contributed by atoms with van der Waals surface area (Å²) in [6, 6.07) is 15.1. The number of hydrogen-bond acceptors (Lipinski definition) is 3. The van der Waals surface area contributed by atoms with Crippen LogP contribution in [0, 0.1) is 17.7 Å². The minimum Gasteiger partial charge on any atom is -0.298 e. The maximum absolute atomic E-state index is 14.2. The monoisotopic (exact) mass is 388 g/mol. The Balaban J connectivity index is 1.53. The van der Waals surface area contributed by atoms with Crippen molar-refractivity contribution in [3.63, 3.8) is 0 Å². The molecule has 1 aliphatic carbocycles. The van der Waals surface area contributed by atoms with Crippen LogP contribution >= 0.6 is 0 Å². The first-order valence-electron chi connectivity index (χ1n) is 9.37. The van der Waals surface area contributed by atoms with Crippen LogP contribution in [0.5, 0.6) is 0 Å². The second kappa shape index (κ2) is 6.60. The largest absolute Gasteiger partial charge is 0.298 e. The number of rotatable bonds is 6. The lowest BCUT2D eigenvalue weighted by atomic mass is 9.87. The fourth-order valence-corrected chi connectivity index (χ4v) is 5.62. The van der Waals surface area contributed by atoms with E-state index in [1.54, 1.807) is 6.07 Å². The molecule has 1 saturated carbocycles. The summed E-state index contributed by atoms with van der Waals surface area (Å²) in [5.41, 5.74) is 2.51. The fourth-order valence-electron chi connectivity index (χ4n) is 5.07. The van der Waals surface area contributed by atoms with E-state index >= 15 is 0 Å². The molecular formula is C21H25FN2O2S. The smallest absolute Gasteiger partial charge is 0.229 e. The van der Waals surface area contributed by atoms with Crippen molar-refractivity contribution in [3.05, 3.63) is 65.5 Å². The second-order valence-corrected chi connectivity index (χ2v) is 9.64. The molecule has 0 aromatic heterocycles. The van der Waals surface area contributed by atoms with Crippen molar-refractivity contribution >= 4 is 15.7 Å². The first kappa shape index (κ1) is 18.4.